The highest BCUT2D eigenvalue weighted by atomic mass is 32.2. The lowest BCUT2D eigenvalue weighted by Crippen LogP contribution is -2.45. The van der Waals surface area contributed by atoms with Crippen molar-refractivity contribution < 1.29 is 23.2 Å². The molecule has 0 aliphatic carbocycles. The number of hydrogen-bond donors (Lipinski definition) is 3. The van der Waals surface area contributed by atoms with Gasteiger partial charge in [-0.15, -0.1) is 0 Å². The molecule has 4 N–H and O–H groups in total. The van der Waals surface area contributed by atoms with Crippen LogP contribution in [0.1, 0.15) is 24.8 Å². The molecule has 1 aliphatic heterocycles. The van der Waals surface area contributed by atoms with Crippen molar-refractivity contribution in [1.29, 1.82) is 0 Å². The van der Waals surface area contributed by atoms with Gasteiger partial charge in [-0.3, -0.25) is 10.0 Å². The normalized spacial score (nSPS) is 16.1. The number of amides is 1. The zero-order valence-electron chi connectivity index (χ0n) is 16.5. The first kappa shape index (κ1) is 22.6. The van der Waals surface area contributed by atoms with Gasteiger partial charge in [-0.25, -0.2) is 13.9 Å². The topological polar surface area (TPSA) is 119 Å². The van der Waals surface area contributed by atoms with Crippen molar-refractivity contribution in [2.24, 2.45) is 5.73 Å². The highest BCUT2D eigenvalue weighted by Crippen LogP contribution is 2.41. The van der Waals surface area contributed by atoms with E-state index in [0.717, 1.165) is 12.0 Å². The predicted octanol–water partition coefficient (Wildman–Crippen LogP) is 2.92. The van der Waals surface area contributed by atoms with Crippen molar-refractivity contribution in [3.05, 3.63) is 54.1 Å². The van der Waals surface area contributed by atoms with Crippen LogP contribution in [0.5, 0.6) is 11.5 Å². The van der Waals surface area contributed by atoms with Crippen molar-refractivity contribution >= 4 is 27.5 Å². The lowest BCUT2D eigenvalue weighted by Gasteiger charge is -2.35. The highest BCUT2D eigenvalue weighted by molar-refractivity contribution is 7.99. The van der Waals surface area contributed by atoms with Crippen LogP contribution in [0, 0.1) is 0 Å². The van der Waals surface area contributed by atoms with Gasteiger partial charge in [0.15, 0.2) is 9.84 Å². The minimum Gasteiger partial charge on any atom is -0.457 e. The molecule has 0 bridgehead atoms. The second-order valence-corrected chi connectivity index (χ2v) is 10.8. The van der Waals surface area contributed by atoms with Gasteiger partial charge in [0.2, 0.25) is 5.91 Å². The maximum atomic E-state index is 13.4. The third-order valence-corrected chi connectivity index (χ3v) is 8.88. The van der Waals surface area contributed by atoms with Crippen LogP contribution >= 0.6 is 11.8 Å². The molecule has 30 heavy (non-hydrogen) atoms. The number of ether oxygens (including phenoxy) is 1. The molecule has 2 aromatic carbocycles. The zero-order valence-corrected chi connectivity index (χ0v) is 18.2. The first-order chi connectivity index (χ1) is 14.4. The Morgan fingerprint density at radius 3 is 2.17 bits per heavy atom. The van der Waals surface area contributed by atoms with Crippen molar-refractivity contribution in [2.45, 2.75) is 35.3 Å². The zero-order chi connectivity index (χ0) is 21.6. The highest BCUT2D eigenvalue weighted by Gasteiger charge is 2.47. The van der Waals surface area contributed by atoms with Crippen LogP contribution in [-0.2, 0) is 21.1 Å². The summed E-state index contributed by atoms with van der Waals surface area (Å²) < 4.78 is 31.4. The van der Waals surface area contributed by atoms with Gasteiger partial charge in [-0.05, 0) is 79.3 Å². The summed E-state index contributed by atoms with van der Waals surface area (Å²) in [5, 5.41) is 8.92. The van der Waals surface area contributed by atoms with E-state index < -0.39 is 20.5 Å². The number of thioether (sulfide) groups is 1. The maximum Gasteiger partial charge on any atom is 0.244 e. The molecule has 2 aromatic rings. The van der Waals surface area contributed by atoms with Gasteiger partial charge in [0, 0.05) is 6.42 Å². The van der Waals surface area contributed by atoms with E-state index in [4.69, 9.17) is 15.7 Å². The summed E-state index contributed by atoms with van der Waals surface area (Å²) in [6.07, 6.45) is 1.25. The predicted molar refractivity (Wildman–Crippen MR) is 117 cm³/mol. The van der Waals surface area contributed by atoms with Crippen molar-refractivity contribution in [2.75, 3.05) is 18.1 Å². The number of carbonyl (C=O) groups is 1. The van der Waals surface area contributed by atoms with Crippen LogP contribution in [0.15, 0.2) is 53.4 Å². The average molecular weight is 451 g/mol. The Kier molecular flexibility index (Phi) is 7.41. The van der Waals surface area contributed by atoms with Crippen molar-refractivity contribution in [1.82, 2.24) is 5.48 Å². The molecule has 0 radical (unpaired) electrons. The van der Waals surface area contributed by atoms with Gasteiger partial charge < -0.3 is 10.5 Å². The van der Waals surface area contributed by atoms with Gasteiger partial charge in [-0.1, -0.05) is 12.1 Å². The Balaban J connectivity index is 1.80. The van der Waals surface area contributed by atoms with Crippen LogP contribution in [0.3, 0.4) is 0 Å². The molecule has 0 unspecified atom stereocenters. The fraction of sp³-hybridized carbons (Fsp3) is 0.381. The molecular formula is C21H26N2O5S2. The van der Waals surface area contributed by atoms with E-state index in [9.17, 15) is 13.2 Å². The number of hydroxylamine groups is 1. The summed E-state index contributed by atoms with van der Waals surface area (Å²) in [7, 11) is -3.78. The van der Waals surface area contributed by atoms with E-state index in [1.165, 1.54) is 12.1 Å². The SMILES string of the molecule is NCCc1ccc(Oc2ccc(S(=O)(=O)C3(CC(=O)NO)CCSCC3)cc2)cc1. The van der Waals surface area contributed by atoms with Crippen LogP contribution in [0.4, 0.5) is 0 Å². The lowest BCUT2D eigenvalue weighted by molar-refractivity contribution is -0.129. The lowest BCUT2D eigenvalue weighted by atomic mass is 9.97. The molecule has 1 aliphatic rings. The summed E-state index contributed by atoms with van der Waals surface area (Å²) in [6, 6.07) is 13.8. The quantitative estimate of drug-likeness (QED) is 0.418. The van der Waals surface area contributed by atoms with Crippen molar-refractivity contribution in [3.63, 3.8) is 0 Å². The molecule has 9 heteroatoms. The van der Waals surface area contributed by atoms with Crippen LogP contribution in [0.2, 0.25) is 0 Å². The number of hydrogen-bond acceptors (Lipinski definition) is 7. The fourth-order valence-corrected chi connectivity index (χ4v) is 7.17. The standard InChI is InChI=1S/C21H26N2O5S2/c22-12-9-16-1-3-17(4-2-16)28-18-5-7-19(8-6-18)30(26,27)21(15-20(24)23-25)10-13-29-14-11-21/h1-8,25H,9-15,22H2,(H,23,24). The van der Waals surface area contributed by atoms with E-state index in [0.29, 0.717) is 42.4 Å². The van der Waals surface area contributed by atoms with Crippen LogP contribution in [0.25, 0.3) is 0 Å². The van der Waals surface area contributed by atoms with Gasteiger partial charge in [0.25, 0.3) is 0 Å². The molecule has 1 amide bonds. The Hall–Kier alpha value is -2.07. The molecule has 162 valence electrons. The number of benzene rings is 2. The van der Waals surface area contributed by atoms with Gasteiger partial charge in [-0.2, -0.15) is 11.8 Å². The smallest absolute Gasteiger partial charge is 0.244 e. The third kappa shape index (κ3) is 4.97. The van der Waals surface area contributed by atoms with E-state index in [1.807, 2.05) is 24.3 Å². The first-order valence-electron chi connectivity index (χ1n) is 9.72. The molecular weight excluding hydrogens is 424 g/mol. The Morgan fingerprint density at radius 2 is 1.63 bits per heavy atom. The Bertz CT molecular complexity index is 954. The minimum absolute atomic E-state index is 0.144. The van der Waals surface area contributed by atoms with E-state index in [-0.39, 0.29) is 11.3 Å². The van der Waals surface area contributed by atoms with Crippen LogP contribution < -0.4 is 16.0 Å². The average Bonchev–Trinajstić information content (AvgIpc) is 2.76. The number of nitrogens with two attached hydrogens (primary N) is 1. The van der Waals surface area contributed by atoms with E-state index >= 15 is 0 Å². The molecule has 0 saturated carbocycles. The molecule has 0 spiro atoms. The maximum absolute atomic E-state index is 13.4. The van der Waals surface area contributed by atoms with Crippen LogP contribution in [-0.4, -0.2) is 42.3 Å². The number of nitrogens with one attached hydrogen (secondary N) is 1. The summed E-state index contributed by atoms with van der Waals surface area (Å²) >= 11 is 1.67. The number of rotatable bonds is 8. The Morgan fingerprint density at radius 1 is 1.07 bits per heavy atom. The summed E-state index contributed by atoms with van der Waals surface area (Å²) in [5.74, 6) is 1.77. The molecule has 3 rings (SSSR count). The molecule has 0 aromatic heterocycles. The number of carbonyl (C=O) groups excluding carboxylic acids is 1. The van der Waals surface area contributed by atoms with E-state index in [2.05, 4.69) is 0 Å². The molecule has 1 fully saturated rings. The molecule has 7 nitrogen and oxygen atoms in total. The minimum atomic E-state index is -3.78. The summed E-state index contributed by atoms with van der Waals surface area (Å²) in [4.78, 5) is 12.0. The van der Waals surface area contributed by atoms with Gasteiger partial charge >= 0.3 is 0 Å². The van der Waals surface area contributed by atoms with Crippen molar-refractivity contribution in [3.8, 4) is 11.5 Å². The largest absolute Gasteiger partial charge is 0.457 e. The first-order valence-corrected chi connectivity index (χ1v) is 12.4. The van der Waals surface area contributed by atoms with Gasteiger partial charge in [0.05, 0.1) is 9.64 Å². The second-order valence-electron chi connectivity index (χ2n) is 7.27. The Labute approximate surface area is 180 Å². The molecule has 0 atom stereocenters. The number of sulfone groups is 1. The van der Waals surface area contributed by atoms with E-state index in [1.54, 1.807) is 29.4 Å². The molecule has 1 heterocycles. The summed E-state index contributed by atoms with van der Waals surface area (Å²) in [5.41, 5.74) is 8.24. The van der Waals surface area contributed by atoms with Gasteiger partial charge in [0.1, 0.15) is 11.5 Å². The monoisotopic (exact) mass is 450 g/mol. The summed E-state index contributed by atoms with van der Waals surface area (Å²) in [6.45, 7) is 0.580. The second kappa shape index (κ2) is 9.82. The fourth-order valence-electron chi connectivity index (χ4n) is 3.58. The molecule has 1 saturated heterocycles. The third-order valence-electron chi connectivity index (χ3n) is 5.31.